The number of anilines is 2. The molecule has 0 amide bonds. The Bertz CT molecular complexity index is 1310. The van der Waals surface area contributed by atoms with Crippen molar-refractivity contribution >= 4 is 11.6 Å². The van der Waals surface area contributed by atoms with E-state index in [9.17, 15) is 4.39 Å². The summed E-state index contributed by atoms with van der Waals surface area (Å²) in [6, 6.07) is 12.8. The molecule has 0 bridgehead atoms. The van der Waals surface area contributed by atoms with E-state index in [0.717, 1.165) is 5.69 Å². The van der Waals surface area contributed by atoms with Gasteiger partial charge in [0, 0.05) is 24.4 Å². The summed E-state index contributed by atoms with van der Waals surface area (Å²) in [4.78, 5) is 4.75. The summed E-state index contributed by atoms with van der Waals surface area (Å²) >= 11 is 0. The first-order valence-corrected chi connectivity index (χ1v) is 11.3. The van der Waals surface area contributed by atoms with Gasteiger partial charge in [0.2, 0.25) is 5.89 Å². The molecule has 1 fully saturated rings. The molecule has 0 radical (unpaired) electrons. The number of aromatic nitrogens is 5. The van der Waals surface area contributed by atoms with E-state index in [1.54, 1.807) is 31.3 Å². The molecule has 3 heterocycles. The minimum absolute atomic E-state index is 0.0866. The number of hydrogen-bond acceptors (Lipinski definition) is 7. The molecule has 1 aliphatic rings. The molecule has 0 spiro atoms. The highest BCUT2D eigenvalue weighted by atomic mass is 19.1. The zero-order valence-electron chi connectivity index (χ0n) is 18.8. The van der Waals surface area contributed by atoms with Gasteiger partial charge in [-0.1, -0.05) is 18.2 Å². The largest absolute Gasteiger partial charge is 0.487 e. The van der Waals surface area contributed by atoms with Crippen molar-refractivity contribution in [3.05, 3.63) is 77.3 Å². The predicted molar refractivity (Wildman–Crippen MR) is 122 cm³/mol. The van der Waals surface area contributed by atoms with Crippen LogP contribution in [0.5, 0.6) is 5.75 Å². The number of halogens is 1. The lowest BCUT2D eigenvalue weighted by Gasteiger charge is -2.37. The molecule has 0 unspecified atom stereocenters. The number of nitrogens with zero attached hydrogens (tertiary/aromatic N) is 3. The van der Waals surface area contributed by atoms with Gasteiger partial charge in [-0.25, -0.2) is 19.9 Å². The van der Waals surface area contributed by atoms with Gasteiger partial charge in [0.05, 0.1) is 11.5 Å². The summed E-state index contributed by atoms with van der Waals surface area (Å²) in [6.45, 7) is 1.73. The van der Waals surface area contributed by atoms with E-state index in [1.165, 1.54) is 0 Å². The lowest BCUT2D eigenvalue weighted by atomic mass is 9.70. The molecule has 9 nitrogen and oxygen atoms in total. The van der Waals surface area contributed by atoms with Crippen LogP contribution in [0.1, 0.15) is 42.8 Å². The van der Waals surface area contributed by atoms with Crippen molar-refractivity contribution in [2.45, 2.75) is 50.5 Å². The Hall–Kier alpha value is -3.95. The minimum Gasteiger partial charge on any atom is -0.487 e. The highest BCUT2D eigenvalue weighted by Gasteiger charge is 2.42. The molecule has 0 aliphatic heterocycles. The van der Waals surface area contributed by atoms with E-state index in [4.69, 9.17) is 19.5 Å². The lowest BCUT2D eigenvalue weighted by molar-refractivity contribution is 0.0985. The van der Waals surface area contributed by atoms with Gasteiger partial charge in [-0.2, -0.15) is 5.10 Å². The third-order valence-corrected chi connectivity index (χ3v) is 6.33. The number of rotatable bonds is 7. The van der Waals surface area contributed by atoms with E-state index in [1.807, 2.05) is 24.3 Å². The van der Waals surface area contributed by atoms with Gasteiger partial charge in [0.15, 0.2) is 17.4 Å². The van der Waals surface area contributed by atoms with Gasteiger partial charge < -0.3 is 14.5 Å². The maximum Gasteiger partial charge on any atom is 0.309 e. The van der Waals surface area contributed by atoms with Crippen LogP contribution in [0.3, 0.4) is 0 Å². The standard InChI is InChI=1S/C24H26FN7O2/c1-15-4-2-6-18(21(15)25)33-17-8-11-24(12-9-17,22-31-32-23(26)34-22)14-16-5-3-7-19(28-16)29-20-10-13-27-30-20/h2-7,10,13,17H,8-9,11-12,14H2,1H3,(H2,26,32)(H2,27,28,29,30)/t17-,24-. The van der Waals surface area contributed by atoms with Crippen molar-refractivity contribution in [2.24, 2.45) is 0 Å². The van der Waals surface area contributed by atoms with Crippen LogP contribution in [0.4, 0.5) is 16.0 Å². The monoisotopic (exact) mass is 463 g/mol. The number of hydrogen-bond donors (Lipinski definition) is 4. The molecule has 34 heavy (non-hydrogen) atoms. The van der Waals surface area contributed by atoms with Crippen molar-refractivity contribution in [1.29, 1.82) is 5.41 Å². The smallest absolute Gasteiger partial charge is 0.309 e. The number of nitrogens with one attached hydrogen (secondary N) is 4. The van der Waals surface area contributed by atoms with Crippen LogP contribution in [-0.4, -0.2) is 31.5 Å². The normalized spacial score (nSPS) is 20.2. The highest BCUT2D eigenvalue weighted by molar-refractivity contribution is 5.50. The number of aryl methyl sites for hydroxylation is 1. The molecular formula is C24H26FN7O2. The zero-order chi connectivity index (χ0) is 23.5. The van der Waals surface area contributed by atoms with Gasteiger partial charge in [-0.05, 0) is 56.4 Å². The lowest BCUT2D eigenvalue weighted by Crippen LogP contribution is -2.38. The van der Waals surface area contributed by atoms with Gasteiger partial charge >= 0.3 is 5.68 Å². The molecular weight excluding hydrogens is 437 g/mol. The van der Waals surface area contributed by atoms with Crippen LogP contribution in [0.15, 0.2) is 53.1 Å². The number of H-pyrrole nitrogens is 2. The second-order valence-corrected chi connectivity index (χ2v) is 8.72. The first-order chi connectivity index (χ1) is 16.5. The fraction of sp³-hybridized carbons (Fsp3) is 0.333. The number of aromatic amines is 2. The Morgan fingerprint density at radius 3 is 2.71 bits per heavy atom. The minimum atomic E-state index is -0.446. The molecule has 1 saturated carbocycles. The Morgan fingerprint density at radius 1 is 1.15 bits per heavy atom. The summed E-state index contributed by atoms with van der Waals surface area (Å²) in [6.07, 6.45) is 5.03. The summed E-state index contributed by atoms with van der Waals surface area (Å²) in [5.41, 5.74) is 0.903. The first kappa shape index (κ1) is 21.9. The van der Waals surface area contributed by atoms with Crippen LogP contribution in [0, 0.1) is 18.2 Å². The SMILES string of the molecule is Cc1cccc(O[C@H]2CC[C@](Cc3cccc(Nc4cc[nH]n4)n3)(c3n[nH]c(=N)o3)CC2)c1F. The maximum absolute atomic E-state index is 14.4. The van der Waals surface area contributed by atoms with Crippen molar-refractivity contribution in [3.63, 3.8) is 0 Å². The van der Waals surface area contributed by atoms with E-state index >= 15 is 0 Å². The van der Waals surface area contributed by atoms with Crippen molar-refractivity contribution in [2.75, 3.05) is 5.32 Å². The average molecular weight is 464 g/mol. The van der Waals surface area contributed by atoms with E-state index in [2.05, 4.69) is 25.7 Å². The van der Waals surface area contributed by atoms with E-state index < -0.39 is 5.41 Å². The third-order valence-electron chi connectivity index (χ3n) is 6.33. The second kappa shape index (κ2) is 9.12. The fourth-order valence-corrected chi connectivity index (χ4v) is 4.55. The Kier molecular flexibility index (Phi) is 5.87. The number of ether oxygens (including phenoxy) is 1. The molecule has 4 N–H and O–H groups in total. The zero-order valence-corrected chi connectivity index (χ0v) is 18.8. The molecule has 1 aliphatic carbocycles. The van der Waals surface area contributed by atoms with Crippen LogP contribution >= 0.6 is 0 Å². The molecule has 5 rings (SSSR count). The molecule has 3 aromatic heterocycles. The van der Waals surface area contributed by atoms with Gasteiger partial charge in [-0.15, -0.1) is 5.10 Å². The third kappa shape index (κ3) is 4.57. The summed E-state index contributed by atoms with van der Waals surface area (Å²) in [5, 5.41) is 24.7. The summed E-state index contributed by atoms with van der Waals surface area (Å²) in [7, 11) is 0. The highest BCUT2D eigenvalue weighted by Crippen LogP contribution is 2.42. The molecule has 4 aromatic rings. The molecule has 0 atom stereocenters. The van der Waals surface area contributed by atoms with Crippen molar-refractivity contribution < 1.29 is 13.5 Å². The summed E-state index contributed by atoms with van der Waals surface area (Å²) < 4.78 is 26.1. The Balaban J connectivity index is 1.35. The maximum atomic E-state index is 14.4. The van der Waals surface area contributed by atoms with Crippen molar-refractivity contribution in [3.8, 4) is 5.75 Å². The van der Waals surface area contributed by atoms with Crippen molar-refractivity contribution in [1.82, 2.24) is 25.4 Å². The second-order valence-electron chi connectivity index (χ2n) is 8.72. The molecule has 10 heteroatoms. The number of pyridine rings is 1. The molecule has 176 valence electrons. The van der Waals surface area contributed by atoms with E-state index in [-0.39, 0.29) is 23.4 Å². The summed E-state index contributed by atoms with van der Waals surface area (Å²) in [5.74, 6) is 1.83. The first-order valence-electron chi connectivity index (χ1n) is 11.3. The van der Waals surface area contributed by atoms with Gasteiger partial charge in [0.1, 0.15) is 5.82 Å². The fourth-order valence-electron chi connectivity index (χ4n) is 4.55. The molecule has 1 aromatic carbocycles. The average Bonchev–Trinajstić information content (AvgIpc) is 3.51. The van der Waals surface area contributed by atoms with Gasteiger partial charge in [-0.3, -0.25) is 5.10 Å². The van der Waals surface area contributed by atoms with Crippen LogP contribution in [-0.2, 0) is 11.8 Å². The number of benzene rings is 1. The predicted octanol–water partition coefficient (Wildman–Crippen LogP) is 4.29. The van der Waals surface area contributed by atoms with Crippen LogP contribution in [0.25, 0.3) is 0 Å². The Morgan fingerprint density at radius 2 is 1.97 bits per heavy atom. The van der Waals surface area contributed by atoms with E-state index in [0.29, 0.717) is 55.2 Å². The molecule has 0 saturated heterocycles. The van der Waals surface area contributed by atoms with Crippen LogP contribution in [0.2, 0.25) is 0 Å². The topological polar surface area (TPSA) is 128 Å². The van der Waals surface area contributed by atoms with Crippen LogP contribution < -0.4 is 15.7 Å². The van der Waals surface area contributed by atoms with Gasteiger partial charge in [0.25, 0.3) is 0 Å². The quantitative estimate of drug-likeness (QED) is 0.324. The Labute approximate surface area is 195 Å².